The molecule has 0 aromatic heterocycles. The summed E-state index contributed by atoms with van der Waals surface area (Å²) < 4.78 is 0. The molecule has 1 nitrogen and oxygen atoms in total. The Morgan fingerprint density at radius 1 is 1.54 bits per heavy atom. The molecular weight excluding hydrogens is 182 g/mol. The second-order valence-corrected chi connectivity index (χ2v) is 4.18. The van der Waals surface area contributed by atoms with Crippen molar-refractivity contribution in [1.29, 1.82) is 0 Å². The van der Waals surface area contributed by atoms with Gasteiger partial charge in [0.25, 0.3) is 0 Å². The van der Waals surface area contributed by atoms with E-state index in [1.807, 2.05) is 0 Å². The van der Waals surface area contributed by atoms with Crippen LogP contribution in [0.25, 0.3) is 0 Å². The molecule has 0 aromatic carbocycles. The molecule has 0 amide bonds. The average Bonchev–Trinajstić information content (AvgIpc) is 2.18. The summed E-state index contributed by atoms with van der Waals surface area (Å²) in [5.74, 6) is 0.604. The van der Waals surface area contributed by atoms with Crippen molar-refractivity contribution in [2.75, 3.05) is 19.0 Å². The van der Waals surface area contributed by atoms with Gasteiger partial charge < -0.3 is 0 Å². The van der Waals surface area contributed by atoms with Crippen LogP contribution in [0.15, 0.2) is 12.2 Å². The third-order valence-electron chi connectivity index (χ3n) is 2.84. The fourth-order valence-corrected chi connectivity index (χ4v) is 2.14. The molecule has 0 spiro atoms. The van der Waals surface area contributed by atoms with E-state index in [1.165, 1.54) is 32.2 Å². The van der Waals surface area contributed by atoms with Crippen LogP contribution in [0, 0.1) is 0 Å². The zero-order chi connectivity index (χ0) is 9.68. The fourth-order valence-electron chi connectivity index (χ4n) is 2.06. The minimum absolute atomic E-state index is 0.604. The summed E-state index contributed by atoms with van der Waals surface area (Å²) in [4.78, 5) is 2.54. The predicted molar refractivity (Wildman–Crippen MR) is 59.4 cm³/mol. The van der Waals surface area contributed by atoms with Gasteiger partial charge in [-0.3, -0.25) is 4.90 Å². The Bertz CT molecular complexity index is 167. The van der Waals surface area contributed by atoms with Gasteiger partial charge >= 0.3 is 0 Å². The molecule has 2 heteroatoms. The maximum absolute atomic E-state index is 5.74. The highest BCUT2D eigenvalue weighted by Crippen LogP contribution is 2.20. The maximum atomic E-state index is 5.74. The van der Waals surface area contributed by atoms with E-state index in [2.05, 4.69) is 18.4 Å². The summed E-state index contributed by atoms with van der Waals surface area (Å²) in [6.07, 6.45) is 5.34. The molecule has 0 aromatic rings. The second-order valence-electron chi connectivity index (χ2n) is 3.91. The summed E-state index contributed by atoms with van der Waals surface area (Å²) in [6.45, 7) is 8.47. The highest BCUT2D eigenvalue weighted by molar-refractivity contribution is 6.19. The Morgan fingerprint density at radius 3 is 2.92 bits per heavy atom. The molecule has 1 aliphatic heterocycles. The van der Waals surface area contributed by atoms with Gasteiger partial charge in [0.05, 0.1) is 0 Å². The van der Waals surface area contributed by atoms with Crippen LogP contribution in [-0.4, -0.2) is 29.9 Å². The van der Waals surface area contributed by atoms with Crippen LogP contribution < -0.4 is 0 Å². The molecule has 1 heterocycles. The first kappa shape index (κ1) is 11.1. The van der Waals surface area contributed by atoms with Gasteiger partial charge in [0.15, 0.2) is 0 Å². The Balaban J connectivity index is 2.40. The lowest BCUT2D eigenvalue weighted by Gasteiger charge is -2.35. The molecule has 1 aliphatic rings. The zero-order valence-corrected chi connectivity index (χ0v) is 9.32. The van der Waals surface area contributed by atoms with Gasteiger partial charge in [-0.05, 0) is 31.4 Å². The van der Waals surface area contributed by atoms with Gasteiger partial charge in [-0.1, -0.05) is 19.9 Å². The van der Waals surface area contributed by atoms with E-state index in [-0.39, 0.29) is 0 Å². The van der Waals surface area contributed by atoms with Crippen molar-refractivity contribution in [3.8, 4) is 0 Å². The normalized spacial score (nSPS) is 24.6. The number of rotatable bonds is 4. The number of hydrogen-bond donors (Lipinski definition) is 0. The van der Waals surface area contributed by atoms with E-state index in [4.69, 9.17) is 11.6 Å². The molecule has 76 valence electrons. The second kappa shape index (κ2) is 5.66. The highest BCUT2D eigenvalue weighted by Gasteiger charge is 2.20. The van der Waals surface area contributed by atoms with Gasteiger partial charge in [0, 0.05) is 18.5 Å². The summed E-state index contributed by atoms with van der Waals surface area (Å²) in [5, 5.41) is 0. The minimum atomic E-state index is 0.604. The summed E-state index contributed by atoms with van der Waals surface area (Å²) >= 11 is 5.74. The monoisotopic (exact) mass is 201 g/mol. The SMILES string of the molecule is C=C(CCl)CN1CCCCC1CC. The molecule has 1 fully saturated rings. The van der Waals surface area contributed by atoms with E-state index in [1.54, 1.807) is 0 Å². The molecule has 0 bridgehead atoms. The number of halogens is 1. The van der Waals surface area contributed by atoms with Crippen molar-refractivity contribution >= 4 is 11.6 Å². The van der Waals surface area contributed by atoms with Crippen LogP contribution in [0.5, 0.6) is 0 Å². The topological polar surface area (TPSA) is 3.24 Å². The lowest BCUT2D eigenvalue weighted by atomic mass is 9.99. The van der Waals surface area contributed by atoms with Crippen LogP contribution in [0.3, 0.4) is 0 Å². The molecule has 13 heavy (non-hydrogen) atoms. The summed E-state index contributed by atoms with van der Waals surface area (Å²) in [5.41, 5.74) is 1.15. The Kier molecular flexibility index (Phi) is 4.82. The quantitative estimate of drug-likeness (QED) is 0.499. The number of hydrogen-bond acceptors (Lipinski definition) is 1. The molecule has 0 radical (unpaired) electrons. The number of likely N-dealkylation sites (tertiary alicyclic amines) is 1. The first-order valence-electron chi connectivity index (χ1n) is 5.24. The highest BCUT2D eigenvalue weighted by atomic mass is 35.5. The van der Waals surface area contributed by atoms with Crippen LogP contribution in [-0.2, 0) is 0 Å². The van der Waals surface area contributed by atoms with Crippen molar-refractivity contribution in [3.05, 3.63) is 12.2 Å². The lowest BCUT2D eigenvalue weighted by Crippen LogP contribution is -2.40. The largest absolute Gasteiger partial charge is 0.296 e. The summed E-state index contributed by atoms with van der Waals surface area (Å²) in [6, 6.07) is 0.772. The van der Waals surface area contributed by atoms with E-state index >= 15 is 0 Å². The van der Waals surface area contributed by atoms with Gasteiger partial charge in [0.1, 0.15) is 0 Å². The van der Waals surface area contributed by atoms with Crippen molar-refractivity contribution in [2.45, 2.75) is 38.6 Å². The third-order valence-corrected chi connectivity index (χ3v) is 3.21. The molecule has 1 rings (SSSR count). The smallest absolute Gasteiger partial charge is 0.0443 e. The first-order chi connectivity index (χ1) is 6.27. The van der Waals surface area contributed by atoms with Crippen molar-refractivity contribution < 1.29 is 0 Å². The third kappa shape index (κ3) is 3.32. The van der Waals surface area contributed by atoms with Crippen LogP contribution >= 0.6 is 11.6 Å². The van der Waals surface area contributed by atoms with Crippen LogP contribution in [0.1, 0.15) is 32.6 Å². The standard InChI is InChI=1S/C11H20ClN/c1-3-11-6-4-5-7-13(11)9-10(2)8-12/h11H,2-9H2,1H3. The molecular formula is C11H20ClN. The predicted octanol–water partition coefficient (Wildman–Crippen LogP) is 3.05. The Labute approximate surface area is 86.8 Å². The number of alkyl halides is 1. The van der Waals surface area contributed by atoms with Crippen LogP contribution in [0.2, 0.25) is 0 Å². The van der Waals surface area contributed by atoms with Crippen molar-refractivity contribution in [1.82, 2.24) is 4.90 Å². The molecule has 0 N–H and O–H groups in total. The van der Waals surface area contributed by atoms with E-state index in [0.717, 1.165) is 18.2 Å². The first-order valence-corrected chi connectivity index (χ1v) is 5.78. The molecule has 1 atom stereocenters. The fraction of sp³-hybridized carbons (Fsp3) is 0.818. The van der Waals surface area contributed by atoms with Crippen molar-refractivity contribution in [3.63, 3.8) is 0 Å². The van der Waals surface area contributed by atoms with E-state index in [9.17, 15) is 0 Å². The van der Waals surface area contributed by atoms with Gasteiger partial charge in [-0.2, -0.15) is 0 Å². The molecule has 1 saturated heterocycles. The maximum Gasteiger partial charge on any atom is 0.0443 e. The summed E-state index contributed by atoms with van der Waals surface area (Å²) in [7, 11) is 0. The number of piperidine rings is 1. The van der Waals surface area contributed by atoms with Gasteiger partial charge in [-0.15, -0.1) is 11.6 Å². The van der Waals surface area contributed by atoms with E-state index < -0.39 is 0 Å². The van der Waals surface area contributed by atoms with Gasteiger partial charge in [-0.25, -0.2) is 0 Å². The lowest BCUT2D eigenvalue weighted by molar-refractivity contribution is 0.157. The molecule has 1 unspecified atom stereocenters. The van der Waals surface area contributed by atoms with Crippen molar-refractivity contribution in [2.24, 2.45) is 0 Å². The minimum Gasteiger partial charge on any atom is -0.296 e. The molecule has 0 saturated carbocycles. The zero-order valence-electron chi connectivity index (χ0n) is 8.56. The average molecular weight is 202 g/mol. The van der Waals surface area contributed by atoms with E-state index in [0.29, 0.717) is 5.88 Å². The number of nitrogens with zero attached hydrogens (tertiary/aromatic N) is 1. The Hall–Kier alpha value is -0.0100. The molecule has 0 aliphatic carbocycles. The van der Waals surface area contributed by atoms with Crippen LogP contribution in [0.4, 0.5) is 0 Å². The van der Waals surface area contributed by atoms with Gasteiger partial charge in [0.2, 0.25) is 0 Å². The Morgan fingerprint density at radius 2 is 2.31 bits per heavy atom.